The molecule has 0 fully saturated rings. The number of carbonyl (C=O) groups excluding carboxylic acids is 2. The number of benzene rings is 1. The van der Waals surface area contributed by atoms with Gasteiger partial charge in [-0.15, -0.1) is 0 Å². The molecule has 0 spiro atoms. The van der Waals surface area contributed by atoms with E-state index in [4.69, 9.17) is 16.3 Å². The lowest BCUT2D eigenvalue weighted by molar-refractivity contribution is -0.143. The molecule has 0 saturated heterocycles. The molecule has 19 heavy (non-hydrogen) atoms. The van der Waals surface area contributed by atoms with Crippen molar-refractivity contribution < 1.29 is 14.3 Å². The van der Waals surface area contributed by atoms with Gasteiger partial charge in [-0.2, -0.15) is 0 Å². The van der Waals surface area contributed by atoms with Crippen LogP contribution in [0.4, 0.5) is 0 Å². The lowest BCUT2D eigenvalue weighted by Crippen LogP contribution is -2.33. The summed E-state index contributed by atoms with van der Waals surface area (Å²) in [5.41, 5.74) is 0.827. The van der Waals surface area contributed by atoms with Gasteiger partial charge < -0.3 is 10.1 Å². The summed E-state index contributed by atoms with van der Waals surface area (Å²) in [7, 11) is 0. The van der Waals surface area contributed by atoms with Gasteiger partial charge in [0.05, 0.1) is 0 Å². The summed E-state index contributed by atoms with van der Waals surface area (Å²) in [6, 6.07) is 7.02. The Kier molecular flexibility index (Phi) is 6.09. The van der Waals surface area contributed by atoms with Crippen molar-refractivity contribution in [2.45, 2.75) is 19.9 Å². The molecule has 1 aromatic carbocycles. The molecule has 0 aliphatic heterocycles. The number of nitrogens with one attached hydrogen (secondary N) is 1. The molecule has 0 radical (unpaired) electrons. The molecule has 1 aromatic rings. The lowest BCUT2D eigenvalue weighted by atomic mass is 10.2. The van der Waals surface area contributed by atoms with Gasteiger partial charge in [0.25, 0.3) is 5.91 Å². The summed E-state index contributed by atoms with van der Waals surface area (Å²) in [5, 5.41) is 3.25. The van der Waals surface area contributed by atoms with Crippen LogP contribution in [0.25, 0.3) is 6.08 Å². The maximum Gasteiger partial charge on any atom is 0.331 e. The molecule has 0 aliphatic carbocycles. The van der Waals surface area contributed by atoms with Gasteiger partial charge in [0, 0.05) is 17.1 Å². The third kappa shape index (κ3) is 6.62. The van der Waals surface area contributed by atoms with Crippen LogP contribution in [0.3, 0.4) is 0 Å². The van der Waals surface area contributed by atoms with Crippen LogP contribution in [0, 0.1) is 0 Å². The van der Waals surface area contributed by atoms with E-state index < -0.39 is 5.97 Å². The molecule has 5 heteroatoms. The first-order valence-electron chi connectivity index (χ1n) is 5.87. The largest absolute Gasteiger partial charge is 0.452 e. The molecule has 0 saturated carbocycles. The van der Waals surface area contributed by atoms with Crippen molar-refractivity contribution in [1.29, 1.82) is 0 Å². The molecule has 0 atom stereocenters. The Hall–Kier alpha value is -1.81. The molecule has 1 N–H and O–H groups in total. The molecule has 0 aromatic heterocycles. The highest BCUT2D eigenvalue weighted by atomic mass is 35.5. The second kappa shape index (κ2) is 7.59. The Labute approximate surface area is 117 Å². The van der Waals surface area contributed by atoms with Gasteiger partial charge in [-0.1, -0.05) is 23.7 Å². The number of rotatable bonds is 5. The normalized spacial score (nSPS) is 10.7. The van der Waals surface area contributed by atoms with E-state index >= 15 is 0 Å². The zero-order valence-electron chi connectivity index (χ0n) is 10.9. The van der Waals surface area contributed by atoms with E-state index in [1.54, 1.807) is 30.3 Å². The average Bonchev–Trinajstić information content (AvgIpc) is 2.35. The van der Waals surface area contributed by atoms with Gasteiger partial charge in [0.1, 0.15) is 0 Å². The van der Waals surface area contributed by atoms with Gasteiger partial charge in [0.2, 0.25) is 0 Å². The monoisotopic (exact) mass is 281 g/mol. The first-order valence-corrected chi connectivity index (χ1v) is 6.25. The predicted octanol–water partition coefficient (Wildman–Crippen LogP) is 2.42. The van der Waals surface area contributed by atoms with Gasteiger partial charge >= 0.3 is 5.97 Å². The second-order valence-electron chi connectivity index (χ2n) is 4.21. The first-order chi connectivity index (χ1) is 8.97. The molecular formula is C14H16ClNO3. The minimum atomic E-state index is -0.561. The van der Waals surface area contributed by atoms with Gasteiger partial charge in [-0.05, 0) is 37.6 Å². The van der Waals surface area contributed by atoms with Crippen LogP contribution in [0.2, 0.25) is 5.02 Å². The van der Waals surface area contributed by atoms with Crippen molar-refractivity contribution in [2.24, 2.45) is 0 Å². The summed E-state index contributed by atoms with van der Waals surface area (Å²) in [5.74, 6) is -0.878. The molecule has 0 heterocycles. The zero-order valence-corrected chi connectivity index (χ0v) is 11.6. The molecule has 102 valence electrons. The van der Waals surface area contributed by atoms with Crippen LogP contribution < -0.4 is 5.32 Å². The van der Waals surface area contributed by atoms with E-state index in [0.717, 1.165) is 5.56 Å². The van der Waals surface area contributed by atoms with Crippen molar-refractivity contribution in [3.05, 3.63) is 40.9 Å². The number of hydrogen-bond donors (Lipinski definition) is 1. The number of ether oxygens (including phenoxy) is 1. The second-order valence-corrected chi connectivity index (χ2v) is 4.65. The highest BCUT2D eigenvalue weighted by Gasteiger charge is 2.05. The first kappa shape index (κ1) is 15.2. The smallest absolute Gasteiger partial charge is 0.331 e. The van der Waals surface area contributed by atoms with E-state index in [-0.39, 0.29) is 18.6 Å². The van der Waals surface area contributed by atoms with Crippen LogP contribution in [0.5, 0.6) is 0 Å². The fraction of sp³-hybridized carbons (Fsp3) is 0.286. The van der Waals surface area contributed by atoms with Crippen LogP contribution in [0.1, 0.15) is 19.4 Å². The Bertz CT molecular complexity index is 466. The standard InChI is InChI=1S/C14H16ClNO3/c1-10(2)16-13(17)9-19-14(18)8-5-11-3-6-12(15)7-4-11/h3-8,10H,9H2,1-2H3,(H,16,17)/b8-5+. The van der Waals surface area contributed by atoms with E-state index in [1.165, 1.54) is 6.08 Å². The van der Waals surface area contributed by atoms with Crippen molar-refractivity contribution in [2.75, 3.05) is 6.61 Å². The van der Waals surface area contributed by atoms with Crippen molar-refractivity contribution in [1.82, 2.24) is 5.32 Å². The van der Waals surface area contributed by atoms with Crippen LogP contribution >= 0.6 is 11.6 Å². The van der Waals surface area contributed by atoms with E-state index in [0.29, 0.717) is 5.02 Å². The minimum Gasteiger partial charge on any atom is -0.452 e. The summed E-state index contributed by atoms with van der Waals surface area (Å²) >= 11 is 5.74. The third-order valence-electron chi connectivity index (χ3n) is 2.08. The van der Waals surface area contributed by atoms with Crippen LogP contribution in [-0.4, -0.2) is 24.5 Å². The molecule has 1 amide bonds. The van der Waals surface area contributed by atoms with Crippen LogP contribution in [0.15, 0.2) is 30.3 Å². The lowest BCUT2D eigenvalue weighted by Gasteiger charge is -2.07. The quantitative estimate of drug-likeness (QED) is 0.666. The molecule has 0 unspecified atom stereocenters. The number of carbonyl (C=O) groups is 2. The molecule has 1 rings (SSSR count). The number of hydrogen-bond acceptors (Lipinski definition) is 3. The highest BCUT2D eigenvalue weighted by molar-refractivity contribution is 6.30. The van der Waals surface area contributed by atoms with Gasteiger partial charge in [0.15, 0.2) is 6.61 Å². The minimum absolute atomic E-state index is 0.0239. The maximum atomic E-state index is 11.4. The fourth-order valence-electron chi connectivity index (χ4n) is 1.29. The molecule has 4 nitrogen and oxygen atoms in total. The number of halogens is 1. The van der Waals surface area contributed by atoms with Crippen LogP contribution in [-0.2, 0) is 14.3 Å². The zero-order chi connectivity index (χ0) is 14.3. The van der Waals surface area contributed by atoms with Crippen molar-refractivity contribution in [3.8, 4) is 0 Å². The van der Waals surface area contributed by atoms with Crippen molar-refractivity contribution in [3.63, 3.8) is 0 Å². The number of amides is 1. The van der Waals surface area contributed by atoms with Crippen molar-refractivity contribution >= 4 is 29.6 Å². The topological polar surface area (TPSA) is 55.4 Å². The third-order valence-corrected chi connectivity index (χ3v) is 2.33. The average molecular weight is 282 g/mol. The predicted molar refractivity (Wildman–Crippen MR) is 74.7 cm³/mol. The van der Waals surface area contributed by atoms with E-state index in [1.807, 2.05) is 13.8 Å². The maximum absolute atomic E-state index is 11.4. The SMILES string of the molecule is CC(C)NC(=O)COC(=O)/C=C/c1ccc(Cl)cc1. The highest BCUT2D eigenvalue weighted by Crippen LogP contribution is 2.10. The molecular weight excluding hydrogens is 266 g/mol. The van der Waals surface area contributed by atoms with Gasteiger partial charge in [-0.3, -0.25) is 4.79 Å². The Morgan fingerprint density at radius 2 is 1.95 bits per heavy atom. The summed E-state index contributed by atoms with van der Waals surface area (Å²) in [6.07, 6.45) is 2.87. The van der Waals surface area contributed by atoms with E-state index in [9.17, 15) is 9.59 Å². The van der Waals surface area contributed by atoms with E-state index in [2.05, 4.69) is 5.32 Å². The Balaban J connectivity index is 2.39. The number of esters is 1. The molecule has 0 bridgehead atoms. The van der Waals surface area contributed by atoms with Gasteiger partial charge in [-0.25, -0.2) is 4.79 Å². The fourth-order valence-corrected chi connectivity index (χ4v) is 1.41. The summed E-state index contributed by atoms with van der Waals surface area (Å²) in [6.45, 7) is 3.39. The summed E-state index contributed by atoms with van der Waals surface area (Å²) < 4.78 is 4.79. The Morgan fingerprint density at radius 3 is 2.53 bits per heavy atom. The Morgan fingerprint density at radius 1 is 1.32 bits per heavy atom. The summed E-state index contributed by atoms with van der Waals surface area (Å²) in [4.78, 5) is 22.6. The molecule has 0 aliphatic rings.